The number of ether oxygens (including phenoxy) is 3. The number of aliphatic hydroxyl groups excluding tert-OH is 3. The third kappa shape index (κ3) is 28.7. The number of carbonyl (C=O) groups is 2. The van der Waals surface area contributed by atoms with Gasteiger partial charge in [-0.1, -0.05) is 122 Å². The Balaban J connectivity index is 2.58. The van der Waals surface area contributed by atoms with Crippen molar-refractivity contribution in [2.75, 3.05) is 47.5 Å². The summed E-state index contributed by atoms with van der Waals surface area (Å²) < 4.78 is 39.4. The predicted octanol–water partition coefficient (Wildman–Crippen LogP) is 7.05. The van der Waals surface area contributed by atoms with E-state index in [1.54, 1.807) is 12.2 Å². The van der Waals surface area contributed by atoms with Crippen LogP contribution in [-0.4, -0.2) is 110 Å². The van der Waals surface area contributed by atoms with Crippen LogP contribution in [0, 0.1) is 5.92 Å². The van der Waals surface area contributed by atoms with Crippen LogP contribution >= 0.6 is 7.82 Å². The number of likely N-dealkylation sites (N-methyl/N-ethyl adjacent to an activating group) is 1. The second kappa shape index (κ2) is 31.3. The Bertz CT molecular complexity index is 1130. The highest BCUT2D eigenvalue weighted by atomic mass is 31.2. The van der Waals surface area contributed by atoms with Crippen LogP contribution < -0.4 is 4.89 Å². The summed E-state index contributed by atoms with van der Waals surface area (Å²) in [5.74, 6) is -1.35. The Kier molecular flexibility index (Phi) is 29.2. The van der Waals surface area contributed by atoms with Crippen molar-refractivity contribution in [2.24, 2.45) is 5.92 Å². The van der Waals surface area contributed by atoms with Gasteiger partial charge in [-0.2, -0.15) is 0 Å². The van der Waals surface area contributed by atoms with Gasteiger partial charge >= 0.3 is 11.9 Å². The van der Waals surface area contributed by atoms with Gasteiger partial charge < -0.3 is 48.0 Å². The van der Waals surface area contributed by atoms with Crippen molar-refractivity contribution < 1.29 is 62.1 Å². The Morgan fingerprint density at radius 3 is 2.09 bits per heavy atom. The second-order valence-electron chi connectivity index (χ2n) is 16.2. The van der Waals surface area contributed by atoms with Crippen molar-refractivity contribution in [3.63, 3.8) is 0 Å². The van der Waals surface area contributed by atoms with Gasteiger partial charge in [0.2, 0.25) is 0 Å². The molecular weight excluding hydrogens is 741 g/mol. The molecule has 7 atom stereocenters. The van der Waals surface area contributed by atoms with Gasteiger partial charge in [-0.25, -0.2) is 0 Å². The van der Waals surface area contributed by atoms with Crippen LogP contribution in [0.3, 0.4) is 0 Å². The summed E-state index contributed by atoms with van der Waals surface area (Å²) in [6.07, 6.45) is 21.1. The first kappa shape index (κ1) is 52.3. The topological polar surface area (TPSA) is 181 Å². The normalized spacial score (nSPS) is 21.3. The molecule has 0 spiro atoms. The van der Waals surface area contributed by atoms with Crippen molar-refractivity contribution in [1.29, 1.82) is 0 Å². The Labute approximate surface area is 338 Å². The van der Waals surface area contributed by atoms with Crippen LogP contribution in [0.4, 0.5) is 0 Å². The van der Waals surface area contributed by atoms with Crippen molar-refractivity contribution >= 4 is 19.8 Å². The van der Waals surface area contributed by atoms with Gasteiger partial charge in [0.05, 0.1) is 46.1 Å². The largest absolute Gasteiger partial charge is 0.756 e. The summed E-state index contributed by atoms with van der Waals surface area (Å²) in [6, 6.07) is 0. The van der Waals surface area contributed by atoms with Crippen molar-refractivity contribution in [3.8, 4) is 0 Å². The van der Waals surface area contributed by atoms with Crippen molar-refractivity contribution in [3.05, 3.63) is 24.3 Å². The molecule has 1 rings (SSSR count). The standard InChI is InChI=1S/C42H78NO12P/c1-6-8-10-11-12-13-14-15-16-17-22-26-40(46)51-33-36(34-53-56(49,50)52-31-30-43(3,4)5)54-41(47)27-23-19-18-21-25-37-38(45)32-42(48)55-39(37)29-28-35(44)24-20-9-7-2/h18,21,28-29,35-39,42,44-45,48H,6-17,19-20,22-27,30-34H2,1-5H3/b21-18-,29-28+/t35-,36+,37-,38-,39+,42?/m0/s1. The minimum Gasteiger partial charge on any atom is -0.756 e. The molecule has 2 unspecified atom stereocenters. The third-order valence-corrected chi connectivity index (χ3v) is 10.7. The number of allylic oxidation sites excluding steroid dienone is 2. The number of unbranched alkanes of at least 4 members (excludes halogenated alkanes) is 13. The minimum absolute atomic E-state index is 0.0329. The van der Waals surface area contributed by atoms with Crippen LogP contribution in [-0.2, 0) is 37.4 Å². The average molecular weight is 820 g/mol. The lowest BCUT2D eigenvalue weighted by Gasteiger charge is -2.36. The van der Waals surface area contributed by atoms with E-state index in [9.17, 15) is 34.4 Å². The average Bonchev–Trinajstić information content (AvgIpc) is 3.12. The highest BCUT2D eigenvalue weighted by Crippen LogP contribution is 2.38. The molecule has 3 N–H and O–H groups in total. The zero-order valence-electron chi connectivity index (χ0n) is 35.4. The Morgan fingerprint density at radius 1 is 0.839 bits per heavy atom. The molecule has 328 valence electrons. The smallest absolute Gasteiger partial charge is 0.306 e. The van der Waals surface area contributed by atoms with Crippen molar-refractivity contribution in [2.45, 2.75) is 179 Å². The molecule has 1 saturated heterocycles. The summed E-state index contributed by atoms with van der Waals surface area (Å²) >= 11 is 0. The lowest BCUT2D eigenvalue weighted by Crippen LogP contribution is -2.43. The van der Waals surface area contributed by atoms with Gasteiger partial charge in [-0.05, 0) is 32.1 Å². The number of hydrogen-bond donors (Lipinski definition) is 3. The maximum Gasteiger partial charge on any atom is 0.306 e. The monoisotopic (exact) mass is 820 g/mol. The molecular formula is C42H78NO12P. The maximum absolute atomic E-state index is 12.8. The first-order valence-corrected chi connectivity index (χ1v) is 22.9. The molecule has 0 radical (unpaired) electrons. The highest BCUT2D eigenvalue weighted by molar-refractivity contribution is 7.45. The number of hydrogen-bond acceptors (Lipinski definition) is 12. The molecule has 0 aromatic rings. The zero-order valence-corrected chi connectivity index (χ0v) is 36.3. The van der Waals surface area contributed by atoms with Gasteiger partial charge in [-0.3, -0.25) is 14.2 Å². The van der Waals surface area contributed by atoms with E-state index >= 15 is 0 Å². The molecule has 1 fully saturated rings. The van der Waals surface area contributed by atoms with Crippen LogP contribution in [0.5, 0.6) is 0 Å². The molecule has 14 heteroatoms. The van der Waals surface area contributed by atoms with Crippen LogP contribution in [0.15, 0.2) is 24.3 Å². The molecule has 0 aromatic carbocycles. The maximum atomic E-state index is 12.8. The van der Waals surface area contributed by atoms with E-state index in [1.807, 2.05) is 33.3 Å². The third-order valence-electron chi connectivity index (χ3n) is 9.77. The van der Waals surface area contributed by atoms with E-state index in [0.717, 1.165) is 38.5 Å². The highest BCUT2D eigenvalue weighted by Gasteiger charge is 2.35. The lowest BCUT2D eigenvalue weighted by atomic mass is 9.87. The molecule has 13 nitrogen and oxygen atoms in total. The number of phosphoric acid groups is 1. The van der Waals surface area contributed by atoms with E-state index in [1.165, 1.54) is 44.9 Å². The number of aliphatic hydroxyl groups is 3. The zero-order chi connectivity index (χ0) is 41.7. The first-order chi connectivity index (χ1) is 26.7. The van der Waals surface area contributed by atoms with E-state index < -0.39 is 57.1 Å². The van der Waals surface area contributed by atoms with Gasteiger partial charge in [0, 0.05) is 25.2 Å². The van der Waals surface area contributed by atoms with Crippen LogP contribution in [0.2, 0.25) is 0 Å². The quantitative estimate of drug-likeness (QED) is 0.0198. The number of phosphoric ester groups is 1. The van der Waals surface area contributed by atoms with Crippen molar-refractivity contribution in [1.82, 2.24) is 0 Å². The number of esters is 2. The van der Waals surface area contributed by atoms with Gasteiger partial charge in [0.1, 0.15) is 19.8 Å². The molecule has 56 heavy (non-hydrogen) atoms. The van der Waals surface area contributed by atoms with Crippen LogP contribution in [0.25, 0.3) is 0 Å². The number of carbonyl (C=O) groups excluding carboxylic acids is 2. The molecule has 1 aliphatic rings. The van der Waals surface area contributed by atoms with E-state index in [-0.39, 0.29) is 38.4 Å². The number of quaternary nitrogens is 1. The summed E-state index contributed by atoms with van der Waals surface area (Å²) in [6.45, 7) is 3.78. The Hall–Kier alpha value is -1.67. The van der Waals surface area contributed by atoms with Crippen LogP contribution in [0.1, 0.15) is 149 Å². The van der Waals surface area contributed by atoms with E-state index in [4.69, 9.17) is 23.3 Å². The molecule has 0 saturated carbocycles. The molecule has 0 aliphatic carbocycles. The lowest BCUT2D eigenvalue weighted by molar-refractivity contribution is -0.870. The molecule has 1 aliphatic heterocycles. The Morgan fingerprint density at radius 2 is 1.45 bits per heavy atom. The summed E-state index contributed by atoms with van der Waals surface area (Å²) in [5, 5.41) is 31.0. The minimum atomic E-state index is -4.70. The van der Waals surface area contributed by atoms with Gasteiger partial charge in [0.25, 0.3) is 7.82 Å². The molecule has 1 heterocycles. The molecule has 0 amide bonds. The first-order valence-electron chi connectivity index (χ1n) is 21.4. The fourth-order valence-corrected chi connectivity index (χ4v) is 7.01. The van der Waals surface area contributed by atoms with Gasteiger partial charge in [0.15, 0.2) is 12.4 Å². The molecule has 0 aromatic heterocycles. The predicted molar refractivity (Wildman–Crippen MR) is 216 cm³/mol. The fraction of sp³-hybridized carbons (Fsp3) is 0.857. The summed E-state index contributed by atoms with van der Waals surface area (Å²) in [5.41, 5.74) is 0. The molecule has 0 bridgehead atoms. The number of nitrogens with zero attached hydrogens (tertiary/aromatic N) is 1. The summed E-state index contributed by atoms with van der Waals surface area (Å²) in [4.78, 5) is 37.7. The summed E-state index contributed by atoms with van der Waals surface area (Å²) in [7, 11) is 0.999. The fourth-order valence-electron chi connectivity index (χ4n) is 6.28. The number of rotatable bonds is 34. The van der Waals surface area contributed by atoms with Gasteiger partial charge in [-0.15, -0.1) is 0 Å². The van der Waals surface area contributed by atoms with E-state index in [2.05, 4.69) is 13.8 Å². The SMILES string of the molecule is CCCCCCCCCCCCCC(=O)OC[C@H](COP(=O)([O-])OCC[N+](C)(C)C)OC(=O)CCC/C=C\C[C@H]1[C@@H](O)CC(O)O[C@@H]1/C=C/[C@@H](O)CCCCC. The van der Waals surface area contributed by atoms with E-state index in [0.29, 0.717) is 43.1 Å². The second-order valence-corrected chi connectivity index (χ2v) is 17.7.